The van der Waals surface area contributed by atoms with Crippen LogP contribution in [0.15, 0.2) is 30.5 Å². The second kappa shape index (κ2) is 14.4. The van der Waals surface area contributed by atoms with E-state index in [0.29, 0.717) is 0 Å². The zero-order chi connectivity index (χ0) is 28.4. The number of nitrogens with one attached hydrogen (secondary N) is 4. The first kappa shape index (κ1) is 30.6. The van der Waals surface area contributed by atoms with Crippen LogP contribution in [0.2, 0.25) is 0 Å². The average Bonchev–Trinajstić information content (AvgIpc) is 3.27. The molecule has 0 radical (unpaired) electrons. The number of benzene rings is 1. The summed E-state index contributed by atoms with van der Waals surface area (Å²) in [6.07, 6.45) is 1.14. The Bertz CT molecular complexity index is 1150. The van der Waals surface area contributed by atoms with Crippen LogP contribution in [0.4, 0.5) is 0 Å². The summed E-state index contributed by atoms with van der Waals surface area (Å²) in [5, 5.41) is 26.9. The second-order valence-electron chi connectivity index (χ2n) is 9.44. The van der Waals surface area contributed by atoms with Crippen LogP contribution >= 0.6 is 12.6 Å². The number of carboxylic acid groups (broad SMARTS) is 2. The van der Waals surface area contributed by atoms with E-state index in [1.807, 2.05) is 24.3 Å². The van der Waals surface area contributed by atoms with E-state index in [1.54, 1.807) is 20.0 Å². The average molecular weight is 550 g/mol. The van der Waals surface area contributed by atoms with Crippen molar-refractivity contribution in [2.45, 2.75) is 63.7 Å². The van der Waals surface area contributed by atoms with Gasteiger partial charge in [-0.05, 0) is 30.4 Å². The van der Waals surface area contributed by atoms with Crippen molar-refractivity contribution in [1.29, 1.82) is 0 Å². The van der Waals surface area contributed by atoms with Crippen LogP contribution in [0.5, 0.6) is 0 Å². The number of hydrogen-bond acceptors (Lipinski definition) is 7. The Kier molecular flexibility index (Phi) is 11.6. The molecule has 208 valence electrons. The van der Waals surface area contributed by atoms with Crippen molar-refractivity contribution in [3.63, 3.8) is 0 Å². The van der Waals surface area contributed by atoms with E-state index in [2.05, 4.69) is 33.6 Å². The fourth-order valence-corrected chi connectivity index (χ4v) is 4.03. The number of aromatic amines is 1. The number of amides is 3. The Labute approximate surface area is 225 Å². The molecular formula is C25H35N5O7S. The molecule has 2 rings (SSSR count). The zero-order valence-electron chi connectivity index (χ0n) is 21.3. The molecule has 12 nitrogen and oxygen atoms in total. The number of aliphatic carboxylic acids is 2. The fourth-order valence-electron chi connectivity index (χ4n) is 3.87. The standard InChI is InChI=1S/C25H35N5O7S/c1-13(2)9-20(25(36)37)30-23(34)18(7-8-21(31)32)28-24(35)19(29-22(33)16(26)12-38)10-14-11-27-17-6-4-3-5-15(14)17/h3-6,11,13,16,18-20,27,38H,7-10,12,26H2,1-2H3,(H,28,35)(H,29,33)(H,30,34)(H,31,32)(H,36,37). The number of thiol groups is 1. The highest BCUT2D eigenvalue weighted by Gasteiger charge is 2.31. The summed E-state index contributed by atoms with van der Waals surface area (Å²) in [6.45, 7) is 3.58. The lowest BCUT2D eigenvalue weighted by Gasteiger charge is -2.25. The van der Waals surface area contributed by atoms with E-state index >= 15 is 0 Å². The van der Waals surface area contributed by atoms with Crippen LogP contribution in [0.3, 0.4) is 0 Å². The molecule has 8 N–H and O–H groups in total. The van der Waals surface area contributed by atoms with Gasteiger partial charge in [-0.15, -0.1) is 0 Å². The summed E-state index contributed by atoms with van der Waals surface area (Å²) >= 11 is 4.02. The molecule has 1 heterocycles. The summed E-state index contributed by atoms with van der Waals surface area (Å²) < 4.78 is 0. The summed E-state index contributed by atoms with van der Waals surface area (Å²) in [5.41, 5.74) is 7.31. The monoisotopic (exact) mass is 549 g/mol. The van der Waals surface area contributed by atoms with Gasteiger partial charge in [0.05, 0.1) is 6.04 Å². The second-order valence-corrected chi connectivity index (χ2v) is 9.80. The maximum atomic E-state index is 13.4. The maximum absolute atomic E-state index is 13.4. The largest absolute Gasteiger partial charge is 0.481 e. The van der Waals surface area contributed by atoms with Gasteiger partial charge >= 0.3 is 11.9 Å². The molecule has 0 fully saturated rings. The molecule has 0 spiro atoms. The number of carbonyl (C=O) groups is 5. The minimum Gasteiger partial charge on any atom is -0.481 e. The number of fused-ring (bicyclic) bond motifs is 1. The van der Waals surface area contributed by atoms with E-state index in [4.69, 9.17) is 10.8 Å². The summed E-state index contributed by atoms with van der Waals surface area (Å²) in [6, 6.07) is 2.64. The maximum Gasteiger partial charge on any atom is 0.326 e. The predicted octanol–water partition coefficient (Wildman–Crippen LogP) is 0.417. The van der Waals surface area contributed by atoms with Crippen LogP contribution in [0.1, 0.15) is 38.7 Å². The Morgan fingerprint density at radius 3 is 2.16 bits per heavy atom. The molecule has 0 saturated carbocycles. The van der Waals surface area contributed by atoms with Gasteiger partial charge in [0.2, 0.25) is 17.7 Å². The Balaban J connectivity index is 2.30. The van der Waals surface area contributed by atoms with Crippen molar-refractivity contribution in [1.82, 2.24) is 20.9 Å². The highest BCUT2D eigenvalue weighted by atomic mass is 32.1. The number of hydrogen-bond donors (Lipinski definition) is 8. The Morgan fingerprint density at radius 2 is 1.55 bits per heavy atom. The highest BCUT2D eigenvalue weighted by molar-refractivity contribution is 7.80. The normalized spacial score (nSPS) is 14.3. The van der Waals surface area contributed by atoms with Crippen LogP contribution in [0, 0.1) is 5.92 Å². The van der Waals surface area contributed by atoms with Crippen LogP contribution < -0.4 is 21.7 Å². The molecule has 38 heavy (non-hydrogen) atoms. The lowest BCUT2D eigenvalue weighted by Crippen LogP contribution is -2.58. The van der Waals surface area contributed by atoms with Crippen molar-refractivity contribution in [2.75, 3.05) is 5.75 Å². The molecule has 1 aromatic carbocycles. The van der Waals surface area contributed by atoms with Crippen LogP contribution in [-0.2, 0) is 30.4 Å². The topological polar surface area (TPSA) is 204 Å². The van der Waals surface area contributed by atoms with Gasteiger partial charge in [-0.1, -0.05) is 32.0 Å². The van der Waals surface area contributed by atoms with Crippen molar-refractivity contribution in [3.05, 3.63) is 36.0 Å². The minimum absolute atomic E-state index is 0.0311. The SMILES string of the molecule is CC(C)CC(NC(=O)C(CCC(=O)O)NC(=O)C(Cc1c[nH]c2ccccc12)NC(=O)C(N)CS)C(=O)O. The third-order valence-corrected chi connectivity index (χ3v) is 6.26. The Morgan fingerprint density at radius 1 is 0.947 bits per heavy atom. The lowest BCUT2D eigenvalue weighted by atomic mass is 10.0. The molecule has 0 bridgehead atoms. The van der Waals surface area contributed by atoms with E-state index in [0.717, 1.165) is 16.5 Å². The lowest BCUT2D eigenvalue weighted by molar-refractivity contribution is -0.143. The number of carboxylic acids is 2. The molecule has 2 aromatic rings. The van der Waals surface area contributed by atoms with Crippen LogP contribution in [0.25, 0.3) is 10.9 Å². The molecule has 4 unspecified atom stereocenters. The molecule has 3 amide bonds. The molecule has 1 aromatic heterocycles. The van der Waals surface area contributed by atoms with Gasteiger partial charge in [-0.2, -0.15) is 12.6 Å². The van der Waals surface area contributed by atoms with Crippen molar-refractivity contribution in [2.24, 2.45) is 11.7 Å². The first-order valence-corrected chi connectivity index (χ1v) is 12.8. The molecule has 0 aliphatic heterocycles. The number of H-pyrrole nitrogens is 1. The van der Waals surface area contributed by atoms with Gasteiger partial charge in [0.1, 0.15) is 18.1 Å². The minimum atomic E-state index is -1.35. The number of carbonyl (C=O) groups excluding carboxylic acids is 3. The zero-order valence-corrected chi connectivity index (χ0v) is 22.2. The van der Waals surface area contributed by atoms with Gasteiger partial charge < -0.3 is 36.9 Å². The van der Waals surface area contributed by atoms with Gasteiger partial charge in [-0.3, -0.25) is 19.2 Å². The summed E-state index contributed by atoms with van der Waals surface area (Å²) in [4.78, 5) is 64.8. The van der Waals surface area contributed by atoms with Gasteiger partial charge in [0.25, 0.3) is 0 Å². The third-order valence-electron chi connectivity index (χ3n) is 5.87. The molecular weight excluding hydrogens is 514 g/mol. The highest BCUT2D eigenvalue weighted by Crippen LogP contribution is 2.19. The van der Waals surface area contributed by atoms with Gasteiger partial charge in [0, 0.05) is 35.7 Å². The molecule has 0 saturated heterocycles. The van der Waals surface area contributed by atoms with Crippen LogP contribution in [-0.4, -0.2) is 74.8 Å². The Hall–Kier alpha value is -3.58. The predicted molar refractivity (Wildman–Crippen MR) is 144 cm³/mol. The van der Waals surface area contributed by atoms with Crippen molar-refractivity contribution >= 4 is 53.2 Å². The van der Waals surface area contributed by atoms with Crippen molar-refractivity contribution in [3.8, 4) is 0 Å². The third kappa shape index (κ3) is 9.06. The first-order valence-electron chi connectivity index (χ1n) is 12.2. The fraction of sp³-hybridized carbons (Fsp3) is 0.480. The number of aromatic nitrogens is 1. The molecule has 0 aliphatic carbocycles. The number of rotatable bonds is 15. The summed E-state index contributed by atoms with van der Waals surface area (Å²) in [7, 11) is 0. The van der Waals surface area contributed by atoms with E-state index < -0.39 is 60.2 Å². The van der Waals surface area contributed by atoms with Gasteiger partial charge in [0.15, 0.2) is 0 Å². The quantitative estimate of drug-likeness (QED) is 0.146. The van der Waals surface area contributed by atoms with Gasteiger partial charge in [-0.25, -0.2) is 4.79 Å². The van der Waals surface area contributed by atoms with E-state index in [9.17, 15) is 29.1 Å². The first-order chi connectivity index (χ1) is 17.9. The van der Waals surface area contributed by atoms with E-state index in [1.165, 1.54) is 0 Å². The molecule has 0 aliphatic rings. The summed E-state index contributed by atoms with van der Waals surface area (Å²) in [5.74, 6) is -4.68. The number of para-hydroxylation sites is 1. The smallest absolute Gasteiger partial charge is 0.326 e. The molecule has 4 atom stereocenters. The van der Waals surface area contributed by atoms with E-state index in [-0.39, 0.29) is 30.9 Å². The number of nitrogens with two attached hydrogens (primary N) is 1. The van der Waals surface area contributed by atoms with Crippen molar-refractivity contribution < 1.29 is 34.2 Å². The molecule has 13 heteroatoms.